The van der Waals surface area contributed by atoms with Gasteiger partial charge in [-0.05, 0) is 30.2 Å². The van der Waals surface area contributed by atoms with Crippen LogP contribution >= 0.6 is 11.6 Å². The minimum atomic E-state index is -0.283. The van der Waals surface area contributed by atoms with E-state index in [4.69, 9.17) is 11.6 Å². The van der Waals surface area contributed by atoms with Gasteiger partial charge in [0.15, 0.2) is 5.65 Å². The van der Waals surface area contributed by atoms with Crippen LogP contribution in [0, 0.1) is 0 Å². The van der Waals surface area contributed by atoms with Gasteiger partial charge >= 0.3 is 0 Å². The SMILES string of the molecule is O=C(Cn1c(=O)c2ccc(Cl)cc2n2nncc12)NCCc1ccccc1. The lowest BCUT2D eigenvalue weighted by Gasteiger charge is -2.11. The number of nitrogens with one attached hydrogen (secondary N) is 1. The second kappa shape index (κ2) is 7.20. The van der Waals surface area contributed by atoms with Gasteiger partial charge in [0.2, 0.25) is 5.91 Å². The summed E-state index contributed by atoms with van der Waals surface area (Å²) in [5, 5.41) is 11.7. The van der Waals surface area contributed by atoms with Gasteiger partial charge < -0.3 is 5.32 Å². The molecule has 2 aromatic carbocycles. The van der Waals surface area contributed by atoms with E-state index in [2.05, 4.69) is 15.6 Å². The van der Waals surface area contributed by atoms with Crippen molar-refractivity contribution in [2.45, 2.75) is 13.0 Å². The number of benzene rings is 2. The number of aromatic nitrogens is 4. The lowest BCUT2D eigenvalue weighted by Crippen LogP contribution is -2.34. The van der Waals surface area contributed by atoms with Crippen molar-refractivity contribution in [2.24, 2.45) is 0 Å². The summed E-state index contributed by atoms with van der Waals surface area (Å²) in [4.78, 5) is 25.2. The highest BCUT2D eigenvalue weighted by Crippen LogP contribution is 2.17. The van der Waals surface area contributed by atoms with Gasteiger partial charge in [-0.25, -0.2) is 0 Å². The molecule has 0 unspecified atom stereocenters. The Morgan fingerprint density at radius 3 is 2.78 bits per heavy atom. The fourth-order valence-electron chi connectivity index (χ4n) is 3.04. The number of rotatable bonds is 5. The normalized spacial score (nSPS) is 11.1. The highest BCUT2D eigenvalue weighted by atomic mass is 35.5. The summed E-state index contributed by atoms with van der Waals surface area (Å²) in [5.74, 6) is -0.246. The number of amides is 1. The highest BCUT2D eigenvalue weighted by Gasteiger charge is 2.15. The lowest BCUT2D eigenvalue weighted by molar-refractivity contribution is -0.121. The molecule has 2 heterocycles. The van der Waals surface area contributed by atoms with Crippen molar-refractivity contribution in [1.29, 1.82) is 0 Å². The Hall–Kier alpha value is -3.19. The maximum atomic E-state index is 12.9. The topological polar surface area (TPSA) is 81.3 Å². The summed E-state index contributed by atoms with van der Waals surface area (Å²) in [6.45, 7) is 0.387. The van der Waals surface area contributed by atoms with Crippen LogP contribution in [0.1, 0.15) is 5.56 Å². The molecule has 0 bridgehead atoms. The molecule has 4 rings (SSSR count). The fourth-order valence-corrected chi connectivity index (χ4v) is 3.21. The third-order valence-corrected chi connectivity index (χ3v) is 4.59. The van der Waals surface area contributed by atoms with Crippen molar-refractivity contribution in [2.75, 3.05) is 6.54 Å². The molecule has 0 saturated heterocycles. The monoisotopic (exact) mass is 381 g/mol. The van der Waals surface area contributed by atoms with Crippen LogP contribution in [-0.4, -0.2) is 31.8 Å². The number of halogens is 1. The summed E-state index contributed by atoms with van der Waals surface area (Å²) >= 11 is 6.04. The molecule has 1 amide bonds. The number of hydrogen-bond donors (Lipinski definition) is 1. The van der Waals surface area contributed by atoms with Crippen LogP contribution in [0.2, 0.25) is 5.02 Å². The first-order chi connectivity index (χ1) is 13.1. The Balaban J connectivity index is 1.58. The van der Waals surface area contributed by atoms with Gasteiger partial charge in [0.05, 0.1) is 17.1 Å². The van der Waals surface area contributed by atoms with Gasteiger partial charge in [0.1, 0.15) is 6.54 Å². The number of fused-ring (bicyclic) bond motifs is 3. The van der Waals surface area contributed by atoms with Crippen molar-refractivity contribution in [3.63, 3.8) is 0 Å². The van der Waals surface area contributed by atoms with Crippen LogP contribution in [0.4, 0.5) is 0 Å². The lowest BCUT2D eigenvalue weighted by atomic mass is 10.1. The number of carbonyl (C=O) groups excluding carboxylic acids is 1. The summed E-state index contributed by atoms with van der Waals surface area (Å²) < 4.78 is 2.88. The Labute approximate surface area is 159 Å². The third kappa shape index (κ3) is 3.41. The van der Waals surface area contributed by atoms with E-state index in [0.29, 0.717) is 28.1 Å². The minimum Gasteiger partial charge on any atom is -0.354 e. The Morgan fingerprint density at radius 2 is 1.96 bits per heavy atom. The Kier molecular flexibility index (Phi) is 4.60. The van der Waals surface area contributed by atoms with Gasteiger partial charge in [0, 0.05) is 11.6 Å². The predicted molar refractivity (Wildman–Crippen MR) is 103 cm³/mol. The molecule has 1 N–H and O–H groups in total. The first-order valence-corrected chi connectivity index (χ1v) is 8.84. The molecular formula is C19H16ClN5O2. The fraction of sp³-hybridized carbons (Fsp3) is 0.158. The molecular weight excluding hydrogens is 366 g/mol. The van der Waals surface area contributed by atoms with E-state index in [-0.39, 0.29) is 18.0 Å². The maximum Gasteiger partial charge on any atom is 0.262 e. The van der Waals surface area contributed by atoms with E-state index in [1.54, 1.807) is 18.2 Å². The van der Waals surface area contributed by atoms with Crippen molar-refractivity contribution >= 4 is 34.1 Å². The molecule has 4 aromatic rings. The van der Waals surface area contributed by atoms with Gasteiger partial charge in [-0.2, -0.15) is 4.52 Å². The molecule has 27 heavy (non-hydrogen) atoms. The predicted octanol–water partition coefficient (Wildman–Crippen LogP) is 2.06. The van der Waals surface area contributed by atoms with Crippen LogP contribution in [0.25, 0.3) is 16.6 Å². The van der Waals surface area contributed by atoms with E-state index in [9.17, 15) is 9.59 Å². The molecule has 0 aliphatic heterocycles. The van der Waals surface area contributed by atoms with Crippen LogP contribution in [0.3, 0.4) is 0 Å². The Morgan fingerprint density at radius 1 is 1.15 bits per heavy atom. The van der Waals surface area contributed by atoms with Crippen molar-refractivity contribution in [3.05, 3.63) is 75.7 Å². The highest BCUT2D eigenvalue weighted by molar-refractivity contribution is 6.31. The number of carbonyl (C=O) groups is 1. The molecule has 0 saturated carbocycles. The number of hydrogen-bond acceptors (Lipinski definition) is 4. The molecule has 0 spiro atoms. The minimum absolute atomic E-state index is 0.108. The summed E-state index contributed by atoms with van der Waals surface area (Å²) in [5.41, 5.74) is 1.85. The summed E-state index contributed by atoms with van der Waals surface area (Å²) in [6.07, 6.45) is 2.18. The van der Waals surface area contributed by atoms with Crippen LogP contribution in [0.15, 0.2) is 59.5 Å². The van der Waals surface area contributed by atoms with E-state index < -0.39 is 0 Å². The molecule has 0 radical (unpaired) electrons. The zero-order valence-electron chi connectivity index (χ0n) is 14.3. The van der Waals surface area contributed by atoms with E-state index >= 15 is 0 Å². The first-order valence-electron chi connectivity index (χ1n) is 8.46. The third-order valence-electron chi connectivity index (χ3n) is 4.35. The standard InChI is InChI=1S/C19H16ClN5O2/c20-14-6-7-15-16(10-14)25-18(11-22-23-25)24(19(15)27)12-17(26)21-9-8-13-4-2-1-3-5-13/h1-7,10-11H,8-9,12H2,(H,21,26). The van der Waals surface area contributed by atoms with Crippen LogP contribution in [0.5, 0.6) is 0 Å². The van der Waals surface area contributed by atoms with E-state index in [0.717, 1.165) is 12.0 Å². The summed E-state index contributed by atoms with van der Waals surface area (Å²) in [6, 6.07) is 14.8. The largest absolute Gasteiger partial charge is 0.354 e. The molecule has 7 nitrogen and oxygen atoms in total. The second-order valence-corrected chi connectivity index (χ2v) is 6.58. The molecule has 0 fully saturated rings. The zero-order valence-corrected chi connectivity index (χ0v) is 15.1. The molecule has 0 atom stereocenters. The van der Waals surface area contributed by atoms with Crippen molar-refractivity contribution < 1.29 is 4.79 Å². The van der Waals surface area contributed by atoms with Gasteiger partial charge in [-0.1, -0.05) is 47.1 Å². The van der Waals surface area contributed by atoms with Gasteiger partial charge in [-0.15, -0.1) is 5.10 Å². The van der Waals surface area contributed by atoms with Crippen LogP contribution in [-0.2, 0) is 17.8 Å². The molecule has 0 aliphatic carbocycles. The Bertz CT molecular complexity index is 1180. The van der Waals surface area contributed by atoms with Crippen molar-refractivity contribution in [3.8, 4) is 0 Å². The smallest absolute Gasteiger partial charge is 0.262 e. The molecule has 2 aromatic heterocycles. The average molecular weight is 382 g/mol. The zero-order chi connectivity index (χ0) is 18.8. The molecule has 0 aliphatic rings. The van der Waals surface area contributed by atoms with E-state index in [1.807, 2.05) is 30.3 Å². The average Bonchev–Trinajstić information content (AvgIpc) is 3.16. The number of nitrogens with zero attached hydrogens (tertiary/aromatic N) is 4. The van der Waals surface area contributed by atoms with E-state index in [1.165, 1.54) is 15.3 Å². The van der Waals surface area contributed by atoms with Crippen LogP contribution < -0.4 is 10.9 Å². The second-order valence-electron chi connectivity index (χ2n) is 6.14. The van der Waals surface area contributed by atoms with Gasteiger partial charge in [0.25, 0.3) is 5.56 Å². The summed E-state index contributed by atoms with van der Waals surface area (Å²) in [7, 11) is 0. The van der Waals surface area contributed by atoms with Gasteiger partial charge in [-0.3, -0.25) is 14.2 Å². The molecule has 8 heteroatoms. The maximum absolute atomic E-state index is 12.9. The first kappa shape index (κ1) is 17.2. The molecule has 136 valence electrons. The quantitative estimate of drug-likeness (QED) is 0.573. The van der Waals surface area contributed by atoms with Crippen molar-refractivity contribution in [1.82, 2.24) is 24.7 Å².